The van der Waals surface area contributed by atoms with Crippen LogP contribution in [-0.2, 0) is 112 Å². The van der Waals surface area contributed by atoms with Crippen LogP contribution in [-0.4, -0.2) is 63.5 Å². The van der Waals surface area contributed by atoms with Crippen LogP contribution >= 0.6 is 0 Å². The molecule has 0 aliphatic heterocycles. The molecule has 12 nitrogen and oxygen atoms in total. The third-order valence-corrected chi connectivity index (χ3v) is 19.5. The Kier molecular flexibility index (Phi) is 49.8. The predicted octanol–water partition coefficient (Wildman–Crippen LogP) is 29.6. The number of carbonyl (C=O) groups excluding carboxylic acids is 4. The number of hydrogen-bond acceptors (Lipinski definition) is 12. The van der Waals surface area contributed by atoms with Gasteiger partial charge in [0.15, 0.2) is 23.1 Å². The van der Waals surface area contributed by atoms with Crippen LogP contribution in [0.2, 0.25) is 0 Å². The molecule has 0 unspecified atom stereocenters. The smallest absolute Gasteiger partial charge is 0.159 e. The standard InChI is InChI=1S/C25H22N.C24H20N.C21H22N.C19H17FN.C11H20O2.3C5H8O2.4Ir/c1-16-5-8-20(9-6-16)22-15-25(21-12-18(3)11-19(4)13-21)26-24-10-7-17(2)14-23(22)24;1-16-4-9-19(10-5-16)21-15-24(20-11-6-17(2)7-12-20)25-23-13-8-18(3)14-22(21)23;1-14(2)10-17-6-5-7-21-19(17)8-9-20(22-21)18-12-15(3)11-16(4)13-18;1-13(2)10-15-11-19(14-6-4-3-5-7-14)21-18-9-8-16(20)12-17(15)18;1-8(2)5-10(12)7-11(13)6-9(3)4;3*1-4(6)3-5(2)7;;;;/h5-12,14-15H,1-4H3;4-11,13-15H,1-3H3;5-9,11-12,14H,10H2,1-4H3;3-6,8-9,11-13H,10H2,1-2H3;7-9,12H,5-6H2,1-4H3;3*3,6H,1-2H3;;;;/q4*-1;;;;;;;;. The van der Waals surface area contributed by atoms with Crippen LogP contribution < -0.4 is 0 Å². The second kappa shape index (κ2) is 56.9. The monoisotopic (exact) mass is 2480 g/mol. The molecule has 0 bridgehead atoms. The Balaban J connectivity index is 0.000000404. The quantitative estimate of drug-likeness (QED) is 0.0360. The van der Waals surface area contributed by atoms with E-state index in [1.54, 1.807) is 12.1 Å². The number of benzene rings is 10. The van der Waals surface area contributed by atoms with Crippen LogP contribution in [0.3, 0.4) is 0 Å². The molecule has 4 N–H and O–H groups in total. The van der Waals surface area contributed by atoms with Crippen molar-refractivity contribution >= 4 is 66.7 Å². The number of hydrogen-bond donors (Lipinski definition) is 4. The maximum atomic E-state index is 13.5. The zero-order valence-electron chi connectivity index (χ0n) is 80.2. The summed E-state index contributed by atoms with van der Waals surface area (Å²) in [5.41, 5.74) is 30.4. The summed E-state index contributed by atoms with van der Waals surface area (Å²) in [6.07, 6.45) is 7.96. The van der Waals surface area contributed by atoms with Crippen molar-refractivity contribution in [2.75, 3.05) is 0 Å². The minimum absolute atomic E-state index is 0. The van der Waals surface area contributed by atoms with E-state index in [2.05, 4.69) is 289 Å². The zero-order valence-corrected chi connectivity index (χ0v) is 89.7. The van der Waals surface area contributed by atoms with Gasteiger partial charge in [-0.2, -0.15) is 0 Å². The molecule has 0 saturated heterocycles. The Morgan fingerprint density at radius 2 is 0.750 bits per heavy atom. The first-order chi connectivity index (χ1) is 60.5. The summed E-state index contributed by atoms with van der Waals surface area (Å²) in [5.74, 6) is 1.73. The summed E-state index contributed by atoms with van der Waals surface area (Å²) in [4.78, 5) is 60.6. The number of aryl methyl sites for hydroxylation is 9. The largest absolute Gasteiger partial charge is 0.512 e. The van der Waals surface area contributed by atoms with Gasteiger partial charge in [0, 0.05) is 139 Å². The van der Waals surface area contributed by atoms with Crippen LogP contribution in [0.25, 0.3) is 111 Å². The van der Waals surface area contributed by atoms with Crippen molar-refractivity contribution in [1.29, 1.82) is 0 Å². The summed E-state index contributed by atoms with van der Waals surface area (Å²) in [7, 11) is 0. The Labute approximate surface area is 836 Å². The van der Waals surface area contributed by atoms with Crippen molar-refractivity contribution < 1.29 is 124 Å². The van der Waals surface area contributed by atoms with Gasteiger partial charge >= 0.3 is 0 Å². The van der Waals surface area contributed by atoms with Crippen molar-refractivity contribution in [3.63, 3.8) is 0 Å². The van der Waals surface area contributed by atoms with E-state index in [1.807, 2.05) is 58.0 Å². The SMILES string of the molecule is CC(=O)C=C(C)O.CC(=O)C=C(C)O.CC(=O)C=C(C)O.CC(C)CC(=O)C=C(O)CC(C)C.CC(C)Cc1cc(-c2[c-]cccc2)nc2ccc(F)cc12.Cc1[c-]c(-c2cc(-c3ccc(C)cc3)c3cc(C)ccc3n2)cc(C)c1.Cc1[c-]c(-c2ccc3c(CC(C)C)cccc3n2)cc(C)c1.Cc1c[c-]c(-c2cc(-c3ccc(C)cc3)c3cc(C)ccc3n2)cc1.[Ir].[Ir].[Ir].[Ir]. The van der Waals surface area contributed by atoms with Crippen molar-refractivity contribution in [1.82, 2.24) is 19.9 Å². The molecule has 0 fully saturated rings. The Hall–Kier alpha value is -10.8. The van der Waals surface area contributed by atoms with Gasteiger partial charge in [-0.15, -0.1) is 141 Å². The first kappa shape index (κ1) is 115. The van der Waals surface area contributed by atoms with Gasteiger partial charge in [-0.25, -0.2) is 4.39 Å². The summed E-state index contributed by atoms with van der Waals surface area (Å²) < 4.78 is 13.5. The van der Waals surface area contributed by atoms with Gasteiger partial charge in [-0.05, 0) is 210 Å². The number of carbonyl (C=O) groups is 4. The van der Waals surface area contributed by atoms with Crippen LogP contribution in [0.1, 0.15) is 171 Å². The summed E-state index contributed by atoms with van der Waals surface area (Å²) in [5, 5.41) is 39.0. The van der Waals surface area contributed by atoms with Crippen molar-refractivity contribution in [3.8, 4) is 67.3 Å². The number of aliphatic hydroxyl groups excluding tert-OH is 4. The van der Waals surface area contributed by atoms with E-state index in [9.17, 15) is 28.7 Å². The molecule has 14 rings (SSSR count). The van der Waals surface area contributed by atoms with Gasteiger partial charge in [-0.3, -0.25) is 39.1 Å². The van der Waals surface area contributed by atoms with Gasteiger partial charge in [0.2, 0.25) is 0 Å². The Morgan fingerprint density at radius 1 is 0.341 bits per heavy atom. The molecule has 0 aliphatic rings. The number of pyridine rings is 4. The van der Waals surface area contributed by atoms with Gasteiger partial charge in [0.1, 0.15) is 5.82 Å². The minimum Gasteiger partial charge on any atom is -0.512 e. The van der Waals surface area contributed by atoms with E-state index >= 15 is 0 Å². The fourth-order valence-electron chi connectivity index (χ4n) is 14.2. The molecule has 4 radical (unpaired) electrons. The number of rotatable bonds is 18. The third-order valence-electron chi connectivity index (χ3n) is 19.5. The second-order valence-corrected chi connectivity index (χ2v) is 34.6. The fraction of sp³-hybridized carbons (Fsp3) is 0.270. The number of aliphatic hydroxyl groups is 4. The number of halogens is 1. The van der Waals surface area contributed by atoms with Crippen LogP contribution in [0.5, 0.6) is 0 Å². The van der Waals surface area contributed by atoms with Crippen LogP contribution in [0, 0.1) is 116 Å². The molecule has 0 amide bonds. The van der Waals surface area contributed by atoms with Crippen molar-refractivity contribution in [2.45, 2.75) is 185 Å². The van der Waals surface area contributed by atoms with E-state index in [1.165, 1.54) is 155 Å². The number of nitrogens with zero attached hydrogens (tertiary/aromatic N) is 4. The molecule has 0 atom stereocenters. The molecule has 0 saturated carbocycles. The Bertz CT molecular complexity index is 6160. The molecular formula is C115H125FIr4N4O8-4. The van der Waals surface area contributed by atoms with E-state index in [-0.39, 0.29) is 132 Å². The van der Waals surface area contributed by atoms with E-state index in [0.29, 0.717) is 36.5 Å². The molecule has 14 aromatic rings. The van der Waals surface area contributed by atoms with Crippen LogP contribution in [0.15, 0.2) is 266 Å². The minimum atomic E-state index is -0.215. The molecule has 0 spiro atoms. The molecule has 10 aromatic carbocycles. The number of fused-ring (bicyclic) bond motifs is 4. The molecule has 0 aliphatic carbocycles. The van der Waals surface area contributed by atoms with Crippen molar-refractivity contribution in [2.24, 2.45) is 23.7 Å². The third kappa shape index (κ3) is 39.6. The maximum Gasteiger partial charge on any atom is 0.159 e. The normalized spacial score (nSPS) is 11.0. The average Bonchev–Trinajstić information content (AvgIpc) is 0.786. The van der Waals surface area contributed by atoms with E-state index in [4.69, 9.17) is 30.3 Å². The van der Waals surface area contributed by atoms with Gasteiger partial charge in [-0.1, -0.05) is 215 Å². The molecule has 700 valence electrons. The first-order valence-corrected chi connectivity index (χ1v) is 43.5. The maximum absolute atomic E-state index is 13.5. The second-order valence-electron chi connectivity index (χ2n) is 34.6. The average molecular weight is 2480 g/mol. The van der Waals surface area contributed by atoms with E-state index < -0.39 is 0 Å². The summed E-state index contributed by atoms with van der Waals surface area (Å²) >= 11 is 0. The van der Waals surface area contributed by atoms with Gasteiger partial charge in [0.05, 0.1) is 45.1 Å². The summed E-state index contributed by atoms with van der Waals surface area (Å²) in [6.45, 7) is 44.4. The van der Waals surface area contributed by atoms with Gasteiger partial charge < -0.3 is 20.4 Å². The molecule has 4 heterocycles. The topological polar surface area (TPSA) is 201 Å². The zero-order chi connectivity index (χ0) is 94.2. The fourth-order valence-corrected chi connectivity index (χ4v) is 14.2. The van der Waals surface area contributed by atoms with Crippen LogP contribution in [0.4, 0.5) is 4.39 Å². The predicted molar refractivity (Wildman–Crippen MR) is 530 cm³/mol. The number of allylic oxidation sites excluding steroid dienone is 8. The molecule has 132 heavy (non-hydrogen) atoms. The summed E-state index contributed by atoms with van der Waals surface area (Å²) in [6, 6.07) is 88.4. The molecule has 4 aromatic heterocycles. The molecular weight excluding hydrogens is 2350 g/mol. The van der Waals surface area contributed by atoms with Gasteiger partial charge in [0.25, 0.3) is 0 Å². The molecule has 17 heteroatoms. The number of aromatic nitrogens is 4. The number of ketones is 4. The van der Waals surface area contributed by atoms with E-state index in [0.717, 1.165) is 102 Å². The first-order valence-electron chi connectivity index (χ1n) is 43.5. The Morgan fingerprint density at radius 3 is 1.17 bits per heavy atom. The van der Waals surface area contributed by atoms with Crippen molar-refractivity contribution in [3.05, 3.63) is 357 Å².